The van der Waals surface area contributed by atoms with Gasteiger partial charge in [0.05, 0.1) is 9.35 Å². The monoisotopic (exact) mass is 449 g/mol. The Hall–Kier alpha value is -0.400. The normalized spacial score (nSPS) is 10.5. The molecule has 19 heavy (non-hydrogen) atoms. The summed E-state index contributed by atoms with van der Waals surface area (Å²) in [6, 6.07) is 7.89. The van der Waals surface area contributed by atoms with Gasteiger partial charge in [0.2, 0.25) is 0 Å². The van der Waals surface area contributed by atoms with E-state index in [0.29, 0.717) is 6.54 Å². The molecule has 5 heteroatoms. The van der Waals surface area contributed by atoms with Gasteiger partial charge in [-0.25, -0.2) is 0 Å². The molecule has 0 bridgehead atoms. The van der Waals surface area contributed by atoms with Gasteiger partial charge in [0.1, 0.15) is 0 Å². The molecule has 0 aliphatic carbocycles. The maximum Gasteiger partial charge on any atom is 0.254 e. The molecular weight excluding hydrogens is 437 g/mol. The summed E-state index contributed by atoms with van der Waals surface area (Å²) in [5.74, 6) is 0.0652. The predicted molar refractivity (Wildman–Crippen MR) is 91.7 cm³/mol. The lowest BCUT2D eigenvalue weighted by Gasteiger charge is -2.18. The zero-order valence-electron chi connectivity index (χ0n) is 10.6. The molecule has 0 aliphatic heterocycles. The van der Waals surface area contributed by atoms with Crippen molar-refractivity contribution < 1.29 is 4.79 Å². The zero-order valence-corrected chi connectivity index (χ0v) is 15.2. The first-order valence-electron chi connectivity index (χ1n) is 5.72. The zero-order chi connectivity index (χ0) is 14.0. The highest BCUT2D eigenvalue weighted by atomic mass is 127. The van der Waals surface area contributed by atoms with Gasteiger partial charge in [0.15, 0.2) is 0 Å². The molecule has 1 amide bonds. The second-order valence-corrected chi connectivity index (χ2v) is 7.73. The number of thiophene rings is 1. The fourth-order valence-electron chi connectivity index (χ4n) is 1.79. The summed E-state index contributed by atoms with van der Waals surface area (Å²) < 4.78 is 2.12. The average molecular weight is 450 g/mol. The first kappa shape index (κ1) is 15.0. The Morgan fingerprint density at radius 1 is 1.47 bits per heavy atom. The molecule has 0 fully saturated rings. The Kier molecular flexibility index (Phi) is 5.03. The summed E-state index contributed by atoms with van der Waals surface area (Å²) in [6.07, 6.45) is 0. The molecule has 0 N–H and O–H groups in total. The quantitative estimate of drug-likeness (QED) is 0.622. The molecule has 0 aliphatic rings. The van der Waals surface area contributed by atoms with Crippen molar-refractivity contribution >= 4 is 55.8 Å². The van der Waals surface area contributed by atoms with Crippen molar-refractivity contribution in [3.05, 3.63) is 53.7 Å². The molecule has 0 atom stereocenters. The van der Waals surface area contributed by atoms with E-state index in [9.17, 15) is 4.79 Å². The van der Waals surface area contributed by atoms with Gasteiger partial charge < -0.3 is 4.90 Å². The molecule has 0 saturated heterocycles. The Labute approximate surface area is 139 Å². The first-order chi connectivity index (χ1) is 8.99. The van der Waals surface area contributed by atoms with E-state index in [0.717, 1.165) is 24.0 Å². The van der Waals surface area contributed by atoms with Crippen molar-refractivity contribution in [2.24, 2.45) is 0 Å². The fourth-order valence-corrected chi connectivity index (χ4v) is 3.58. The van der Waals surface area contributed by atoms with Gasteiger partial charge in [-0.3, -0.25) is 4.79 Å². The lowest BCUT2D eigenvalue weighted by molar-refractivity contribution is 0.0784. The molecule has 1 aromatic carbocycles. The van der Waals surface area contributed by atoms with E-state index in [4.69, 9.17) is 0 Å². The molecule has 0 spiro atoms. The number of carbonyl (C=O) groups excluding carboxylic acids is 1. The van der Waals surface area contributed by atoms with E-state index in [1.807, 2.05) is 32.2 Å². The van der Waals surface area contributed by atoms with Crippen molar-refractivity contribution in [3.63, 3.8) is 0 Å². The number of amides is 1. The van der Waals surface area contributed by atoms with E-state index in [-0.39, 0.29) is 5.91 Å². The van der Waals surface area contributed by atoms with Crippen LogP contribution in [0.1, 0.15) is 21.5 Å². The van der Waals surface area contributed by atoms with Crippen LogP contribution >= 0.6 is 49.9 Å². The number of hydrogen-bond acceptors (Lipinski definition) is 2. The third-order valence-electron chi connectivity index (χ3n) is 2.81. The highest BCUT2D eigenvalue weighted by Crippen LogP contribution is 2.23. The third-order valence-corrected chi connectivity index (χ3v) is 5.80. The van der Waals surface area contributed by atoms with Gasteiger partial charge in [0, 0.05) is 17.2 Å². The molecule has 2 aromatic rings. The number of carbonyl (C=O) groups is 1. The van der Waals surface area contributed by atoms with Crippen molar-refractivity contribution in [2.45, 2.75) is 13.5 Å². The number of aryl methyl sites for hydroxylation is 1. The van der Waals surface area contributed by atoms with Crippen LogP contribution in [0.4, 0.5) is 0 Å². The number of benzene rings is 1. The Balaban J connectivity index is 2.17. The molecule has 2 nitrogen and oxygen atoms in total. The predicted octanol–water partition coefficient (Wildman–Crippen LogP) is 4.70. The number of hydrogen-bond donors (Lipinski definition) is 0. The Morgan fingerprint density at radius 2 is 2.21 bits per heavy atom. The molecule has 0 unspecified atom stereocenters. The summed E-state index contributed by atoms with van der Waals surface area (Å²) in [4.78, 5) is 14.2. The van der Waals surface area contributed by atoms with Crippen LogP contribution in [0.25, 0.3) is 0 Å². The lowest BCUT2D eigenvalue weighted by Crippen LogP contribution is -2.26. The van der Waals surface area contributed by atoms with Crippen LogP contribution in [0.15, 0.2) is 33.4 Å². The Morgan fingerprint density at radius 3 is 2.84 bits per heavy atom. The topological polar surface area (TPSA) is 20.3 Å². The summed E-state index contributed by atoms with van der Waals surface area (Å²) >= 11 is 7.31. The van der Waals surface area contributed by atoms with Crippen molar-refractivity contribution in [1.82, 2.24) is 4.90 Å². The fraction of sp³-hybridized carbons (Fsp3) is 0.214. The van der Waals surface area contributed by atoms with E-state index in [1.54, 1.807) is 16.2 Å². The molecule has 0 saturated carbocycles. The molecule has 100 valence electrons. The molecule has 1 heterocycles. The average Bonchev–Trinajstić information content (AvgIpc) is 2.77. The maximum atomic E-state index is 12.4. The third kappa shape index (κ3) is 3.58. The van der Waals surface area contributed by atoms with Gasteiger partial charge in [-0.1, -0.05) is 12.1 Å². The van der Waals surface area contributed by atoms with Crippen LogP contribution < -0.4 is 0 Å². The molecular formula is C14H13BrINOS. The summed E-state index contributed by atoms with van der Waals surface area (Å²) in [5.41, 5.74) is 3.06. The largest absolute Gasteiger partial charge is 0.337 e. The van der Waals surface area contributed by atoms with E-state index in [2.05, 4.69) is 50.0 Å². The van der Waals surface area contributed by atoms with Gasteiger partial charge >= 0.3 is 0 Å². The minimum Gasteiger partial charge on any atom is -0.337 e. The van der Waals surface area contributed by atoms with Crippen LogP contribution in [0.3, 0.4) is 0 Å². The highest BCUT2D eigenvalue weighted by Gasteiger charge is 2.16. The Bertz CT molecular complexity index is 611. The highest BCUT2D eigenvalue weighted by molar-refractivity contribution is 14.1. The van der Waals surface area contributed by atoms with Gasteiger partial charge in [-0.05, 0) is 74.1 Å². The van der Waals surface area contributed by atoms with Crippen LogP contribution in [0, 0.1) is 10.5 Å². The van der Waals surface area contributed by atoms with Crippen molar-refractivity contribution in [2.75, 3.05) is 7.05 Å². The first-order valence-corrected chi connectivity index (χ1v) is 8.47. The molecule has 1 aromatic heterocycles. The van der Waals surface area contributed by atoms with Crippen LogP contribution in [-0.2, 0) is 6.54 Å². The summed E-state index contributed by atoms with van der Waals surface area (Å²) in [7, 11) is 1.84. The summed E-state index contributed by atoms with van der Waals surface area (Å²) in [6.45, 7) is 2.65. The van der Waals surface area contributed by atoms with Crippen LogP contribution in [0.5, 0.6) is 0 Å². The van der Waals surface area contributed by atoms with Gasteiger partial charge in [-0.15, -0.1) is 11.3 Å². The second-order valence-electron chi connectivity index (χ2n) is 4.36. The lowest BCUT2D eigenvalue weighted by atomic mass is 10.1. The smallest absolute Gasteiger partial charge is 0.254 e. The van der Waals surface area contributed by atoms with E-state index >= 15 is 0 Å². The summed E-state index contributed by atoms with van der Waals surface area (Å²) in [5, 5.41) is 2.06. The standard InChI is InChI=1S/C14H13BrINOS/c1-9-4-3-5-11(13(9)16)14(18)17(2)7-10-6-12(15)19-8-10/h3-6,8H,7H2,1-2H3. The minimum absolute atomic E-state index is 0.0652. The van der Waals surface area contributed by atoms with Gasteiger partial charge in [-0.2, -0.15) is 0 Å². The maximum absolute atomic E-state index is 12.4. The van der Waals surface area contributed by atoms with Crippen LogP contribution in [0.2, 0.25) is 0 Å². The van der Waals surface area contributed by atoms with Gasteiger partial charge in [0.25, 0.3) is 5.91 Å². The van der Waals surface area contributed by atoms with E-state index in [1.165, 1.54) is 0 Å². The molecule has 2 rings (SSSR count). The number of halogens is 2. The number of nitrogens with zero attached hydrogens (tertiary/aromatic N) is 1. The van der Waals surface area contributed by atoms with Crippen LogP contribution in [-0.4, -0.2) is 17.9 Å². The second kappa shape index (κ2) is 6.37. The van der Waals surface area contributed by atoms with Crippen molar-refractivity contribution in [1.29, 1.82) is 0 Å². The minimum atomic E-state index is 0.0652. The van der Waals surface area contributed by atoms with E-state index < -0.39 is 0 Å². The molecule has 0 radical (unpaired) electrons. The SMILES string of the molecule is Cc1cccc(C(=O)N(C)Cc2csc(Br)c2)c1I. The number of rotatable bonds is 3. The van der Waals surface area contributed by atoms with Crippen molar-refractivity contribution in [3.8, 4) is 0 Å².